The van der Waals surface area contributed by atoms with Crippen molar-refractivity contribution in [1.82, 2.24) is 29.2 Å². The number of rotatable bonds is 7. The van der Waals surface area contributed by atoms with E-state index in [0.29, 0.717) is 34.4 Å². The molecule has 1 spiro atoms. The predicted octanol–water partition coefficient (Wildman–Crippen LogP) is 3.40. The molecule has 4 atom stereocenters. The van der Waals surface area contributed by atoms with E-state index in [9.17, 15) is 13.8 Å². The van der Waals surface area contributed by atoms with Crippen LogP contribution in [0.1, 0.15) is 24.3 Å². The molecule has 1 aromatic carbocycles. The minimum absolute atomic E-state index is 0.221. The van der Waals surface area contributed by atoms with Crippen molar-refractivity contribution in [1.29, 1.82) is 0 Å². The number of benzene rings is 1. The van der Waals surface area contributed by atoms with Gasteiger partial charge in [-0.15, -0.1) is 6.58 Å². The monoisotopic (exact) mass is 570 g/mol. The molecule has 2 saturated heterocycles. The summed E-state index contributed by atoms with van der Waals surface area (Å²) in [6.07, 6.45) is 8.10. The lowest BCUT2D eigenvalue weighted by Gasteiger charge is -2.24. The standard InChI is InChI=1S/C29H30N8O3S/c1-4-13-36-27(39)21-16-30-28(33-26(21)37(36)24-7-5-6-23(32-24)34-41(2,3)40)31-20-10-8-18(9-11-20)22-15-29(22)25(38)19-12-14-35(29)17-19/h4-11,16,19,22H,1,12-15,17H2,2-3H3,(H,30,31,33). The summed E-state index contributed by atoms with van der Waals surface area (Å²) in [7, 11) is -2.43. The quantitative estimate of drug-likeness (QED) is 0.335. The number of pyridine rings is 1. The number of nitrogens with one attached hydrogen (secondary N) is 1. The maximum absolute atomic E-state index is 13.2. The third kappa shape index (κ3) is 4.20. The van der Waals surface area contributed by atoms with Crippen LogP contribution in [-0.4, -0.2) is 70.3 Å². The molecule has 3 fully saturated rings. The Bertz CT molecular complexity index is 1910. The van der Waals surface area contributed by atoms with Crippen molar-refractivity contribution in [3.63, 3.8) is 0 Å². The summed E-state index contributed by atoms with van der Waals surface area (Å²) in [5.41, 5.74) is 1.79. The molecule has 3 aliphatic rings. The number of aromatic nitrogens is 5. The third-order valence-corrected chi connectivity index (χ3v) is 8.91. The average Bonchev–Trinajstić information content (AvgIpc) is 3.22. The van der Waals surface area contributed by atoms with Gasteiger partial charge in [0, 0.05) is 52.5 Å². The summed E-state index contributed by atoms with van der Waals surface area (Å²) in [4.78, 5) is 42.2. The number of nitrogens with zero attached hydrogens (tertiary/aromatic N) is 7. The Morgan fingerprint density at radius 2 is 1.98 bits per heavy atom. The summed E-state index contributed by atoms with van der Waals surface area (Å²) >= 11 is 0. The van der Waals surface area contributed by atoms with Gasteiger partial charge in [-0.1, -0.05) is 24.3 Å². The predicted molar refractivity (Wildman–Crippen MR) is 158 cm³/mol. The Hall–Kier alpha value is -4.16. The number of carbonyl (C=O) groups is 1. The van der Waals surface area contributed by atoms with Gasteiger partial charge in [-0.25, -0.2) is 23.5 Å². The molecule has 4 aromatic rings. The first-order valence-electron chi connectivity index (χ1n) is 13.6. The molecular weight excluding hydrogens is 540 g/mol. The lowest BCUT2D eigenvalue weighted by atomic mass is 9.93. The Labute approximate surface area is 237 Å². The second-order valence-corrected chi connectivity index (χ2v) is 13.8. The third-order valence-electron chi connectivity index (χ3n) is 8.28. The summed E-state index contributed by atoms with van der Waals surface area (Å²) < 4.78 is 19.5. The van der Waals surface area contributed by atoms with E-state index in [1.165, 1.54) is 29.0 Å². The number of fused-ring (bicyclic) bond motifs is 4. The zero-order valence-electron chi connectivity index (χ0n) is 22.9. The van der Waals surface area contributed by atoms with Crippen molar-refractivity contribution in [2.45, 2.75) is 30.8 Å². The summed E-state index contributed by atoms with van der Waals surface area (Å²) in [6, 6.07) is 13.2. The fourth-order valence-corrected chi connectivity index (χ4v) is 7.01. The number of allylic oxidation sites excluding steroid dienone is 1. The molecule has 41 heavy (non-hydrogen) atoms. The van der Waals surface area contributed by atoms with E-state index in [0.717, 1.165) is 31.6 Å². The minimum atomic E-state index is -2.43. The summed E-state index contributed by atoms with van der Waals surface area (Å²) in [5.74, 6) is 1.92. The smallest absolute Gasteiger partial charge is 0.278 e. The minimum Gasteiger partial charge on any atom is -0.324 e. The van der Waals surface area contributed by atoms with Crippen LogP contribution in [0.3, 0.4) is 0 Å². The van der Waals surface area contributed by atoms with Gasteiger partial charge in [-0.05, 0) is 49.2 Å². The van der Waals surface area contributed by atoms with Crippen molar-refractivity contribution in [2.75, 3.05) is 30.9 Å². The van der Waals surface area contributed by atoms with Gasteiger partial charge < -0.3 is 5.32 Å². The largest absolute Gasteiger partial charge is 0.324 e. The van der Waals surface area contributed by atoms with E-state index in [2.05, 4.69) is 48.2 Å². The van der Waals surface area contributed by atoms with Crippen LogP contribution in [0.15, 0.2) is 70.5 Å². The van der Waals surface area contributed by atoms with Gasteiger partial charge in [-0.2, -0.15) is 9.35 Å². The molecule has 1 aliphatic carbocycles. The van der Waals surface area contributed by atoms with Gasteiger partial charge in [0.1, 0.15) is 5.39 Å². The second-order valence-electron chi connectivity index (χ2n) is 11.3. The SMILES string of the molecule is C=CCn1c(=O)c2cnc(Nc3ccc(C4CC45C(=O)C4CCN5C4)cc3)nc2n1-c1cccc(N=S(C)(C)=O)n1. The number of carbonyl (C=O) groups excluding carboxylic acids is 1. The highest BCUT2D eigenvalue weighted by Crippen LogP contribution is 2.62. The number of hydrogen-bond acceptors (Lipinski definition) is 9. The first-order chi connectivity index (χ1) is 19.7. The topological polar surface area (TPSA) is 127 Å². The first kappa shape index (κ1) is 25.8. The lowest BCUT2D eigenvalue weighted by Crippen LogP contribution is -2.40. The molecule has 11 nitrogen and oxygen atoms in total. The normalized spacial score (nSPS) is 24.7. The van der Waals surface area contributed by atoms with Gasteiger partial charge in [0.25, 0.3) is 5.56 Å². The Morgan fingerprint density at radius 1 is 1.17 bits per heavy atom. The van der Waals surface area contributed by atoms with Crippen LogP contribution in [0.2, 0.25) is 0 Å². The Morgan fingerprint density at radius 3 is 2.68 bits per heavy atom. The zero-order chi connectivity index (χ0) is 28.5. The van der Waals surface area contributed by atoms with E-state index in [-0.39, 0.29) is 29.5 Å². The molecule has 7 rings (SSSR count). The van der Waals surface area contributed by atoms with E-state index in [1.807, 2.05) is 12.1 Å². The maximum atomic E-state index is 13.2. The highest BCUT2D eigenvalue weighted by Gasteiger charge is 2.70. The molecule has 12 heteroatoms. The molecule has 5 heterocycles. The molecule has 1 saturated carbocycles. The van der Waals surface area contributed by atoms with Gasteiger partial charge in [0.2, 0.25) is 5.95 Å². The van der Waals surface area contributed by atoms with Crippen molar-refractivity contribution < 1.29 is 9.00 Å². The maximum Gasteiger partial charge on any atom is 0.278 e. The summed E-state index contributed by atoms with van der Waals surface area (Å²) in [6.45, 7) is 5.95. The van der Waals surface area contributed by atoms with E-state index < -0.39 is 9.73 Å². The second kappa shape index (κ2) is 9.18. The zero-order valence-corrected chi connectivity index (χ0v) is 23.7. The Balaban J connectivity index is 1.20. The summed E-state index contributed by atoms with van der Waals surface area (Å²) in [5, 5.41) is 3.57. The van der Waals surface area contributed by atoms with Gasteiger partial charge in [0.05, 0.1) is 12.1 Å². The van der Waals surface area contributed by atoms with E-state index in [1.54, 1.807) is 29.0 Å². The highest BCUT2D eigenvalue weighted by molar-refractivity contribution is 7.92. The van der Waals surface area contributed by atoms with Crippen LogP contribution in [0, 0.1) is 5.92 Å². The molecule has 210 valence electrons. The van der Waals surface area contributed by atoms with Crippen molar-refractivity contribution in [3.05, 3.63) is 77.2 Å². The van der Waals surface area contributed by atoms with Crippen molar-refractivity contribution >= 4 is 44.0 Å². The number of ketones is 1. The fraction of sp³-hybridized carbons (Fsp3) is 0.345. The van der Waals surface area contributed by atoms with E-state index >= 15 is 0 Å². The molecule has 2 bridgehead atoms. The lowest BCUT2D eigenvalue weighted by molar-refractivity contribution is -0.125. The number of hydrogen-bond donors (Lipinski definition) is 1. The van der Waals surface area contributed by atoms with Crippen LogP contribution in [0.4, 0.5) is 17.5 Å². The molecular formula is C29H30N8O3S. The van der Waals surface area contributed by atoms with Crippen LogP contribution >= 0.6 is 0 Å². The van der Waals surface area contributed by atoms with Crippen molar-refractivity contribution in [3.8, 4) is 5.82 Å². The molecule has 0 amide bonds. The average molecular weight is 571 g/mol. The number of anilines is 2. The van der Waals surface area contributed by atoms with Gasteiger partial charge in [0.15, 0.2) is 23.1 Å². The van der Waals surface area contributed by atoms with Crippen LogP contribution in [-0.2, 0) is 21.1 Å². The van der Waals surface area contributed by atoms with Crippen LogP contribution in [0.25, 0.3) is 16.9 Å². The van der Waals surface area contributed by atoms with Crippen LogP contribution in [0.5, 0.6) is 0 Å². The molecule has 0 radical (unpaired) electrons. The van der Waals surface area contributed by atoms with Gasteiger partial charge >= 0.3 is 0 Å². The van der Waals surface area contributed by atoms with Crippen molar-refractivity contribution in [2.24, 2.45) is 10.3 Å². The first-order valence-corrected chi connectivity index (χ1v) is 15.9. The Kier molecular flexibility index (Phi) is 5.77. The molecule has 4 unspecified atom stereocenters. The van der Waals surface area contributed by atoms with Crippen LogP contribution < -0.4 is 10.9 Å². The number of piperidine rings is 1. The van der Waals surface area contributed by atoms with Gasteiger partial charge in [-0.3, -0.25) is 14.5 Å². The van der Waals surface area contributed by atoms with E-state index in [4.69, 9.17) is 0 Å². The number of Topliss-reactive ketones (excluding diaryl/α,β-unsaturated/α-hetero) is 1. The highest BCUT2D eigenvalue weighted by atomic mass is 32.2. The molecule has 2 aliphatic heterocycles. The molecule has 1 N–H and O–H groups in total. The molecule has 3 aromatic heterocycles. The fourth-order valence-electron chi connectivity index (χ4n) is 6.46.